The molecule has 2 saturated heterocycles. The number of carbonyl (C=O) groups excluding carboxylic acids is 11. The van der Waals surface area contributed by atoms with E-state index in [9.17, 15) is 52.7 Å². The molecule has 3 heterocycles. The van der Waals surface area contributed by atoms with E-state index in [1.807, 2.05) is 38.3 Å². The van der Waals surface area contributed by atoms with Gasteiger partial charge in [0.05, 0.1) is 18.6 Å². The second-order valence-corrected chi connectivity index (χ2v) is 25.3. The molecule has 2 aromatic carbocycles. The Bertz CT molecular complexity index is 3070. The predicted octanol–water partition coefficient (Wildman–Crippen LogP) is -2.10. The highest BCUT2D eigenvalue weighted by molar-refractivity contribution is 7.98. The molecule has 11 amide bonds. The summed E-state index contributed by atoms with van der Waals surface area (Å²) in [6, 6.07) is 6.40. The number of hydrogen-bond acceptors (Lipinski definition) is 19. The summed E-state index contributed by atoms with van der Waals surface area (Å²) in [6.45, 7) is 4.73. The van der Waals surface area contributed by atoms with Gasteiger partial charge in [0.25, 0.3) is 0 Å². The minimum atomic E-state index is -1.58. The van der Waals surface area contributed by atoms with Crippen molar-refractivity contribution in [3.8, 4) is 0 Å². The van der Waals surface area contributed by atoms with E-state index in [1.54, 1.807) is 42.5 Å². The van der Waals surface area contributed by atoms with Gasteiger partial charge < -0.3 is 86.4 Å². The van der Waals surface area contributed by atoms with E-state index in [0.29, 0.717) is 69.2 Å². The van der Waals surface area contributed by atoms with Crippen molar-refractivity contribution >= 4 is 82.7 Å². The quantitative estimate of drug-likeness (QED) is 0.0164. The highest BCUT2D eigenvalue weighted by Gasteiger charge is 2.42. The number of nitrogens with one attached hydrogen (secondary N) is 7. The fourth-order valence-electron chi connectivity index (χ4n) is 11.2. The molecule has 10 atom stereocenters. The first-order valence-electron chi connectivity index (χ1n) is 32.3. The van der Waals surface area contributed by atoms with E-state index in [1.165, 1.54) is 21.6 Å². The van der Waals surface area contributed by atoms with Crippen LogP contribution in [0.3, 0.4) is 0 Å². The Morgan fingerprint density at radius 2 is 1.14 bits per heavy atom. The first kappa shape index (κ1) is 77.0. The highest BCUT2D eigenvalue weighted by atomic mass is 32.2. The second kappa shape index (κ2) is 39.8. The number of likely N-dealkylation sites (tertiary alicyclic amines) is 2. The number of carbonyl (C=O) groups is 11. The molecule has 21 N–H and O–H groups in total. The number of hydrogen-bond donors (Lipinski definition) is 14. The number of thioether (sulfide) groups is 1. The van der Waals surface area contributed by atoms with Gasteiger partial charge in [-0.3, -0.25) is 63.0 Å². The van der Waals surface area contributed by atoms with Crippen LogP contribution in [0.4, 0.5) is 0 Å². The molecule has 0 aliphatic carbocycles. The largest absolute Gasteiger partial charge is 0.370 e. The monoisotopic (exact) mass is 1340 g/mol. The lowest BCUT2D eigenvalue weighted by atomic mass is 10.0. The predicted molar refractivity (Wildman–Crippen MR) is 355 cm³/mol. The Morgan fingerprint density at radius 1 is 0.611 bits per heavy atom. The van der Waals surface area contributed by atoms with Crippen LogP contribution in [0, 0.1) is 5.92 Å². The molecule has 2 aliphatic rings. The van der Waals surface area contributed by atoms with Gasteiger partial charge in [-0.1, -0.05) is 79.7 Å². The molecule has 2 fully saturated rings. The van der Waals surface area contributed by atoms with Crippen molar-refractivity contribution in [1.82, 2.24) is 57.2 Å². The molecule has 0 unspecified atom stereocenters. The lowest BCUT2D eigenvalue weighted by Gasteiger charge is -2.32. The molecular formula is C63H97N19O12S. The average Bonchev–Trinajstić information content (AvgIpc) is 1.78. The van der Waals surface area contributed by atoms with Gasteiger partial charge in [0.2, 0.25) is 70.9 Å². The number of amides is 11. The van der Waals surface area contributed by atoms with Crippen LogP contribution in [0.5, 0.6) is 0 Å². The molecule has 31 nitrogen and oxygen atoms in total. The lowest BCUT2D eigenvalue weighted by molar-refractivity contribution is -0.144. The van der Waals surface area contributed by atoms with Crippen LogP contribution in [0.15, 0.2) is 70.2 Å². The van der Waals surface area contributed by atoms with Gasteiger partial charge in [0.15, 0.2) is 11.8 Å². The van der Waals surface area contributed by atoms with Crippen LogP contribution in [0.25, 0.3) is 0 Å². The molecule has 0 saturated carbocycles. The van der Waals surface area contributed by atoms with Crippen LogP contribution in [-0.4, -0.2) is 183 Å². The standard InChI is InChI=1S/C63H97N19O12S/c1-37(2)33-45(56(88)73-41(53(68)85)27-32-95-3)72-36-52-79-60(94-80-52)47(35-39-17-8-5-9-18-39)78-57(89)46(34-38-15-6-4-7-16-38)77-55(87)42(23-25-50(66)83)74-54(86)43(24-26-51(67)84)75-58(90)49-22-14-31-82(49)62(93)44(20-10-11-28-64)76-59(91)48-21-13-30-81(48)61(92)40(65)19-12-29-71-63(69)70/h4-9,15-18,37,40-49,72H,10-14,19-36,64-65H2,1-3H3,(H2,66,83)(H2,67,84)(H2,68,85)(H,73,88)(H,74,86)(H,75,90)(H,76,91)(H,77,87)(H,78,89)(H4,69,70,71)/t40-,41-,42-,43-,44-,45-,46-,47-,48-,49-/m0/s1. The van der Waals surface area contributed by atoms with Crippen LogP contribution in [0.1, 0.15) is 139 Å². The summed E-state index contributed by atoms with van der Waals surface area (Å²) in [4.78, 5) is 162. The molecule has 522 valence electrons. The van der Waals surface area contributed by atoms with Crippen LogP contribution >= 0.6 is 11.8 Å². The molecule has 95 heavy (non-hydrogen) atoms. The first-order valence-corrected chi connectivity index (χ1v) is 33.7. The second-order valence-electron chi connectivity index (χ2n) is 24.3. The third-order valence-corrected chi connectivity index (χ3v) is 16.9. The maximum atomic E-state index is 14.8. The summed E-state index contributed by atoms with van der Waals surface area (Å²) in [6.07, 6.45) is 4.08. The molecule has 32 heteroatoms. The number of aromatic nitrogens is 2. The van der Waals surface area contributed by atoms with Crippen LogP contribution < -0.4 is 77.4 Å². The number of guanidine groups is 1. The van der Waals surface area contributed by atoms with Crippen LogP contribution in [0.2, 0.25) is 0 Å². The summed E-state index contributed by atoms with van der Waals surface area (Å²) in [5, 5.41) is 23.9. The molecule has 3 aromatic rings. The maximum Gasteiger partial charge on any atom is 0.249 e. The molecule has 5 rings (SSSR count). The number of rotatable bonds is 42. The highest BCUT2D eigenvalue weighted by Crippen LogP contribution is 2.24. The molecular weight excluding hydrogens is 1250 g/mol. The zero-order valence-corrected chi connectivity index (χ0v) is 55.3. The Morgan fingerprint density at radius 3 is 1.68 bits per heavy atom. The molecule has 0 bridgehead atoms. The van der Waals surface area contributed by atoms with Gasteiger partial charge in [0.1, 0.15) is 48.3 Å². The van der Waals surface area contributed by atoms with Crippen molar-refractivity contribution in [2.24, 2.45) is 51.0 Å². The Labute approximate surface area is 557 Å². The number of unbranched alkanes of at least 4 members (excludes halogenated alkanes) is 1. The zero-order chi connectivity index (χ0) is 69.6. The van der Waals surface area contributed by atoms with E-state index >= 15 is 0 Å². The van der Waals surface area contributed by atoms with E-state index in [2.05, 4.69) is 52.4 Å². The van der Waals surface area contributed by atoms with Gasteiger partial charge >= 0.3 is 0 Å². The van der Waals surface area contributed by atoms with E-state index < -0.39 is 138 Å². The van der Waals surface area contributed by atoms with E-state index in [-0.39, 0.29) is 94.7 Å². The van der Waals surface area contributed by atoms with E-state index in [4.69, 9.17) is 44.7 Å². The first-order chi connectivity index (χ1) is 45.4. The van der Waals surface area contributed by atoms with E-state index in [0.717, 1.165) is 5.56 Å². The number of aliphatic imine (C=N–C) groups is 1. The molecule has 0 spiro atoms. The summed E-state index contributed by atoms with van der Waals surface area (Å²) in [5.41, 5.74) is 41.0. The summed E-state index contributed by atoms with van der Waals surface area (Å²) in [5.74, 6) is -7.15. The van der Waals surface area contributed by atoms with Gasteiger partial charge in [-0.2, -0.15) is 16.7 Å². The van der Waals surface area contributed by atoms with Crippen molar-refractivity contribution in [1.29, 1.82) is 0 Å². The summed E-state index contributed by atoms with van der Waals surface area (Å²) >= 11 is 1.51. The molecule has 1 aromatic heterocycles. The number of primary amides is 3. The van der Waals surface area contributed by atoms with Crippen LogP contribution in [-0.2, 0) is 72.1 Å². The summed E-state index contributed by atoms with van der Waals surface area (Å²) in [7, 11) is 0. The normalized spacial score (nSPS) is 17.0. The topological polar surface area (TPSA) is 512 Å². The van der Waals surface area contributed by atoms with Gasteiger partial charge in [0, 0.05) is 45.3 Å². The Kier molecular flexibility index (Phi) is 32.3. The van der Waals surface area contributed by atoms with Crippen molar-refractivity contribution in [2.45, 2.75) is 190 Å². The van der Waals surface area contributed by atoms with Crippen molar-refractivity contribution in [3.05, 3.63) is 83.5 Å². The molecule has 0 radical (unpaired) electrons. The van der Waals surface area contributed by atoms with Gasteiger partial charge in [-0.25, -0.2) is 0 Å². The minimum absolute atomic E-state index is 0.0224. The SMILES string of the molecule is CSCC[C@H](NC(=O)[C@H](CC(C)C)NCc1noc([C@H](Cc2ccccc2)NC(=O)[C@H](Cc2ccccc2)NC(=O)[C@H](CCC(N)=O)NC(=O)[C@H](CCC(N)=O)NC(=O)[C@@H]2CCCN2C(=O)[C@H](CCCCN)NC(=O)[C@@H]2CCCN2C(=O)[C@@H](N)CCCN=C(N)N)n1)C(N)=O. The Balaban J connectivity index is 1.35. The summed E-state index contributed by atoms with van der Waals surface area (Å²) < 4.78 is 5.78. The van der Waals surface area contributed by atoms with Crippen molar-refractivity contribution in [3.63, 3.8) is 0 Å². The Hall–Kier alpha value is -8.75. The minimum Gasteiger partial charge on any atom is -0.370 e. The van der Waals surface area contributed by atoms with Gasteiger partial charge in [-0.15, -0.1) is 0 Å². The number of nitrogens with two attached hydrogens (primary N) is 7. The van der Waals surface area contributed by atoms with Gasteiger partial charge in [-0.05, 0) is 119 Å². The third-order valence-electron chi connectivity index (χ3n) is 16.2. The number of nitrogens with zero attached hydrogens (tertiary/aromatic N) is 5. The molecule has 2 aliphatic heterocycles. The zero-order valence-electron chi connectivity index (χ0n) is 54.5. The fraction of sp³-hybridized carbons (Fsp3) is 0.587. The fourth-order valence-corrected chi connectivity index (χ4v) is 11.7. The lowest BCUT2D eigenvalue weighted by Crippen LogP contribution is -2.59. The number of benzene rings is 2. The average molecular weight is 1340 g/mol. The third kappa shape index (κ3) is 25.8. The van der Waals surface area contributed by atoms with Crippen molar-refractivity contribution in [2.75, 3.05) is 38.2 Å². The maximum absolute atomic E-state index is 14.8. The van der Waals surface area contributed by atoms with Crippen molar-refractivity contribution < 1.29 is 57.3 Å². The smallest absolute Gasteiger partial charge is 0.249 e.